The normalized spacial score (nSPS) is 14.0. The number of nitrogens with zero attached hydrogens (tertiary/aromatic N) is 2. The lowest BCUT2D eigenvalue weighted by Crippen LogP contribution is -2.42. The highest BCUT2D eigenvalue weighted by atomic mass is 32.1. The lowest BCUT2D eigenvalue weighted by molar-refractivity contribution is -0.142. The van der Waals surface area contributed by atoms with E-state index in [0.29, 0.717) is 5.13 Å². The Balaban J connectivity index is 2.87. The average molecular weight is 258 g/mol. The van der Waals surface area contributed by atoms with Crippen molar-refractivity contribution in [3.8, 4) is 0 Å². The van der Waals surface area contributed by atoms with Gasteiger partial charge in [0.15, 0.2) is 5.13 Å². The molecule has 0 radical (unpaired) electrons. The summed E-state index contributed by atoms with van der Waals surface area (Å²) < 4.78 is 0. The van der Waals surface area contributed by atoms with Crippen LogP contribution in [-0.4, -0.2) is 39.7 Å². The number of rotatable bonds is 6. The van der Waals surface area contributed by atoms with E-state index in [2.05, 4.69) is 4.98 Å². The monoisotopic (exact) mass is 258 g/mol. The van der Waals surface area contributed by atoms with Gasteiger partial charge in [-0.3, -0.25) is 4.79 Å². The molecule has 0 aliphatic carbocycles. The van der Waals surface area contributed by atoms with Crippen LogP contribution in [0.5, 0.6) is 0 Å². The van der Waals surface area contributed by atoms with Gasteiger partial charge in [-0.1, -0.05) is 6.92 Å². The second kappa shape index (κ2) is 5.62. The summed E-state index contributed by atoms with van der Waals surface area (Å²) >= 11 is 1.29. The first kappa shape index (κ1) is 13.4. The molecule has 6 nitrogen and oxygen atoms in total. The minimum absolute atomic E-state index is 0.121. The van der Waals surface area contributed by atoms with Gasteiger partial charge in [0, 0.05) is 18.1 Å². The van der Waals surface area contributed by atoms with Gasteiger partial charge in [-0.05, 0) is 6.92 Å². The number of hydrogen-bond donors (Lipinski definition) is 2. The van der Waals surface area contributed by atoms with E-state index in [1.165, 1.54) is 30.1 Å². The molecule has 0 aromatic carbocycles. The molecular formula is C10H14N2O4S. The lowest BCUT2D eigenvalue weighted by Gasteiger charge is -2.27. The van der Waals surface area contributed by atoms with Crippen molar-refractivity contribution in [1.29, 1.82) is 0 Å². The molecule has 94 valence electrons. The van der Waals surface area contributed by atoms with E-state index in [9.17, 15) is 9.59 Å². The highest BCUT2D eigenvalue weighted by molar-refractivity contribution is 7.13. The van der Waals surface area contributed by atoms with Gasteiger partial charge in [0.2, 0.25) is 0 Å². The Bertz CT molecular complexity index is 393. The van der Waals surface area contributed by atoms with Crippen molar-refractivity contribution in [3.63, 3.8) is 0 Å². The van der Waals surface area contributed by atoms with Crippen LogP contribution in [-0.2, 0) is 9.59 Å². The number of hydrogen-bond acceptors (Lipinski definition) is 5. The quantitative estimate of drug-likeness (QED) is 0.795. The Morgan fingerprint density at radius 2 is 2.06 bits per heavy atom. The maximum atomic E-state index is 11.0. The molecule has 0 bridgehead atoms. The van der Waals surface area contributed by atoms with Gasteiger partial charge in [0.05, 0.1) is 5.92 Å². The fourth-order valence-corrected chi connectivity index (χ4v) is 2.00. The molecule has 0 spiro atoms. The molecule has 17 heavy (non-hydrogen) atoms. The number of aliphatic carboxylic acids is 2. The number of carbonyl (C=O) groups is 2. The summed E-state index contributed by atoms with van der Waals surface area (Å²) in [7, 11) is 0. The molecule has 1 rings (SSSR count). The zero-order valence-corrected chi connectivity index (χ0v) is 10.3. The standard InChI is InChI=1S/C10H14N2O4S/c1-6(8(13)14)5-12(7(2)9(15)16)10-11-3-4-17-10/h3-4,6-7H,5H2,1-2H3,(H,13,14)(H,15,16). The van der Waals surface area contributed by atoms with E-state index in [1.54, 1.807) is 11.6 Å². The van der Waals surface area contributed by atoms with Crippen LogP contribution < -0.4 is 4.90 Å². The van der Waals surface area contributed by atoms with Crippen LogP contribution in [0.4, 0.5) is 5.13 Å². The molecule has 1 aromatic heterocycles. The predicted octanol–water partition coefficient (Wildman–Crippen LogP) is 1.14. The minimum Gasteiger partial charge on any atom is -0.481 e. The topological polar surface area (TPSA) is 90.7 Å². The third-order valence-electron chi connectivity index (χ3n) is 2.38. The van der Waals surface area contributed by atoms with E-state index < -0.39 is 23.9 Å². The minimum atomic E-state index is -1.00. The molecule has 0 aliphatic rings. The summed E-state index contributed by atoms with van der Waals surface area (Å²) in [5, 5.41) is 20.1. The maximum Gasteiger partial charge on any atom is 0.326 e. The van der Waals surface area contributed by atoms with E-state index in [4.69, 9.17) is 10.2 Å². The SMILES string of the molecule is CC(CN(c1nccs1)C(C)C(=O)O)C(=O)O. The van der Waals surface area contributed by atoms with E-state index in [1.807, 2.05) is 0 Å². The summed E-state index contributed by atoms with van der Waals surface area (Å²) in [6.07, 6.45) is 1.56. The van der Waals surface area contributed by atoms with Crippen molar-refractivity contribution in [2.75, 3.05) is 11.4 Å². The van der Waals surface area contributed by atoms with Crippen LogP contribution in [0.1, 0.15) is 13.8 Å². The van der Waals surface area contributed by atoms with Gasteiger partial charge >= 0.3 is 11.9 Å². The molecule has 0 saturated heterocycles. The van der Waals surface area contributed by atoms with Crippen LogP contribution >= 0.6 is 11.3 Å². The first-order valence-electron chi connectivity index (χ1n) is 5.05. The van der Waals surface area contributed by atoms with Crippen molar-refractivity contribution in [3.05, 3.63) is 11.6 Å². The third-order valence-corrected chi connectivity index (χ3v) is 3.19. The van der Waals surface area contributed by atoms with Crippen LogP contribution in [0, 0.1) is 5.92 Å². The fourth-order valence-electron chi connectivity index (χ4n) is 1.27. The first-order valence-corrected chi connectivity index (χ1v) is 5.93. The molecule has 0 aliphatic heterocycles. The largest absolute Gasteiger partial charge is 0.481 e. The van der Waals surface area contributed by atoms with Gasteiger partial charge in [-0.2, -0.15) is 0 Å². The fraction of sp³-hybridized carbons (Fsp3) is 0.500. The highest BCUT2D eigenvalue weighted by Crippen LogP contribution is 2.21. The predicted molar refractivity (Wildman–Crippen MR) is 63.4 cm³/mol. The van der Waals surface area contributed by atoms with Crippen molar-refractivity contribution in [1.82, 2.24) is 4.98 Å². The summed E-state index contributed by atoms with van der Waals surface area (Å²) in [6, 6.07) is -0.803. The van der Waals surface area contributed by atoms with Crippen LogP contribution in [0.15, 0.2) is 11.6 Å². The zero-order valence-electron chi connectivity index (χ0n) is 9.53. The molecule has 7 heteroatoms. The van der Waals surface area contributed by atoms with E-state index in [-0.39, 0.29) is 6.54 Å². The molecule has 2 atom stereocenters. The Morgan fingerprint density at radius 1 is 1.41 bits per heavy atom. The van der Waals surface area contributed by atoms with Gasteiger partial charge in [-0.15, -0.1) is 11.3 Å². The summed E-state index contributed by atoms with van der Waals surface area (Å²) in [6.45, 7) is 3.17. The molecule has 0 saturated carbocycles. The molecular weight excluding hydrogens is 244 g/mol. The lowest BCUT2D eigenvalue weighted by atomic mass is 10.1. The highest BCUT2D eigenvalue weighted by Gasteiger charge is 2.26. The van der Waals surface area contributed by atoms with Gasteiger partial charge < -0.3 is 15.1 Å². The van der Waals surface area contributed by atoms with Gasteiger partial charge in [-0.25, -0.2) is 9.78 Å². The Hall–Kier alpha value is -1.63. The Labute approximate surface area is 103 Å². The van der Waals surface area contributed by atoms with Crippen molar-refractivity contribution < 1.29 is 19.8 Å². The summed E-state index contributed by atoms with van der Waals surface area (Å²) in [5.41, 5.74) is 0. The van der Waals surface area contributed by atoms with Crippen molar-refractivity contribution in [2.45, 2.75) is 19.9 Å². The molecule has 0 amide bonds. The summed E-state index contributed by atoms with van der Waals surface area (Å²) in [4.78, 5) is 27.3. The van der Waals surface area contributed by atoms with Crippen LogP contribution in [0.25, 0.3) is 0 Å². The van der Waals surface area contributed by atoms with Crippen LogP contribution in [0.2, 0.25) is 0 Å². The van der Waals surface area contributed by atoms with Crippen molar-refractivity contribution in [2.24, 2.45) is 5.92 Å². The van der Waals surface area contributed by atoms with E-state index in [0.717, 1.165) is 0 Å². The third kappa shape index (κ3) is 3.42. The number of aromatic nitrogens is 1. The molecule has 2 unspecified atom stereocenters. The number of carboxylic acids is 2. The average Bonchev–Trinajstić information content (AvgIpc) is 2.77. The smallest absolute Gasteiger partial charge is 0.326 e. The zero-order chi connectivity index (χ0) is 13.0. The Morgan fingerprint density at radius 3 is 2.47 bits per heavy atom. The second-order valence-electron chi connectivity index (χ2n) is 3.72. The number of thiazole rings is 1. The van der Waals surface area contributed by atoms with E-state index >= 15 is 0 Å². The number of anilines is 1. The molecule has 0 fully saturated rings. The Kier molecular flexibility index (Phi) is 4.45. The number of carboxylic acid groups (broad SMARTS) is 2. The van der Waals surface area contributed by atoms with Crippen molar-refractivity contribution >= 4 is 28.4 Å². The van der Waals surface area contributed by atoms with Gasteiger partial charge in [0.1, 0.15) is 6.04 Å². The molecule has 1 aromatic rings. The molecule has 2 N–H and O–H groups in total. The summed E-state index contributed by atoms with van der Waals surface area (Å²) in [5.74, 6) is -2.61. The van der Waals surface area contributed by atoms with Crippen LogP contribution in [0.3, 0.4) is 0 Å². The maximum absolute atomic E-state index is 11.0. The molecule has 1 heterocycles. The first-order chi connectivity index (χ1) is 7.93. The van der Waals surface area contributed by atoms with Gasteiger partial charge in [0.25, 0.3) is 0 Å². The second-order valence-corrected chi connectivity index (χ2v) is 4.59.